The maximum absolute atomic E-state index is 8.95. The highest BCUT2D eigenvalue weighted by Gasteiger charge is 2.02. The number of nitrogens with one attached hydrogen (secondary N) is 1. The van der Waals surface area contributed by atoms with Crippen molar-refractivity contribution >= 4 is 11.4 Å². The van der Waals surface area contributed by atoms with Crippen LogP contribution in [0.5, 0.6) is 0 Å². The van der Waals surface area contributed by atoms with E-state index >= 15 is 0 Å². The second-order valence-electron chi connectivity index (χ2n) is 3.78. The Bertz CT molecular complexity index is 284. The molecule has 0 unspecified atom stereocenters. The van der Waals surface area contributed by atoms with Crippen molar-refractivity contribution in [1.29, 1.82) is 0 Å². The first kappa shape index (κ1) is 12.8. The van der Waals surface area contributed by atoms with Crippen molar-refractivity contribution in [3.05, 3.63) is 24.3 Å². The maximum Gasteiger partial charge on any atom is 0.0606 e. The lowest BCUT2D eigenvalue weighted by Crippen LogP contribution is -2.25. The van der Waals surface area contributed by atoms with Gasteiger partial charge in [-0.05, 0) is 37.6 Å². The van der Waals surface area contributed by atoms with Crippen LogP contribution in [0.25, 0.3) is 0 Å². The molecule has 0 bridgehead atoms. The van der Waals surface area contributed by atoms with Gasteiger partial charge in [-0.25, -0.2) is 0 Å². The summed E-state index contributed by atoms with van der Waals surface area (Å²) < 4.78 is 0. The van der Waals surface area contributed by atoms with Crippen LogP contribution in [0.15, 0.2) is 24.3 Å². The summed E-state index contributed by atoms with van der Waals surface area (Å²) in [4.78, 5) is 2.16. The van der Waals surface area contributed by atoms with Gasteiger partial charge in [0.1, 0.15) is 0 Å². The predicted octanol–water partition coefficient (Wildman–Crippen LogP) is 2.33. The van der Waals surface area contributed by atoms with Crippen molar-refractivity contribution in [2.45, 2.75) is 20.3 Å². The van der Waals surface area contributed by atoms with Crippen LogP contribution in [0.2, 0.25) is 0 Å². The first-order chi connectivity index (χ1) is 7.81. The minimum Gasteiger partial charge on any atom is -0.395 e. The molecular weight excluding hydrogens is 200 g/mol. The van der Waals surface area contributed by atoms with Crippen LogP contribution >= 0.6 is 0 Å². The average Bonchev–Trinajstić information content (AvgIpc) is 2.34. The standard InChI is InChI=1S/C13H22N2O/c1-3-9-14-12-5-7-13(8-6-12)15(4-2)10-11-16/h5-8,14,16H,3-4,9-11H2,1-2H3. The molecule has 16 heavy (non-hydrogen) atoms. The van der Waals surface area contributed by atoms with Crippen LogP contribution in [0.1, 0.15) is 20.3 Å². The minimum atomic E-state index is 0.198. The third-order valence-electron chi connectivity index (χ3n) is 2.56. The number of rotatable bonds is 7. The molecule has 0 aliphatic heterocycles. The SMILES string of the molecule is CCCNc1ccc(N(CC)CCO)cc1. The van der Waals surface area contributed by atoms with Gasteiger partial charge in [0.25, 0.3) is 0 Å². The lowest BCUT2D eigenvalue weighted by atomic mass is 10.2. The Balaban J connectivity index is 2.61. The Hall–Kier alpha value is -1.22. The lowest BCUT2D eigenvalue weighted by Gasteiger charge is -2.22. The molecule has 0 aromatic heterocycles. The van der Waals surface area contributed by atoms with Gasteiger partial charge in [-0.2, -0.15) is 0 Å². The topological polar surface area (TPSA) is 35.5 Å². The monoisotopic (exact) mass is 222 g/mol. The highest BCUT2D eigenvalue weighted by atomic mass is 16.3. The van der Waals surface area contributed by atoms with Gasteiger partial charge >= 0.3 is 0 Å². The zero-order valence-corrected chi connectivity index (χ0v) is 10.2. The summed E-state index contributed by atoms with van der Waals surface area (Å²) in [6.07, 6.45) is 1.13. The molecule has 0 heterocycles. The predicted molar refractivity (Wildman–Crippen MR) is 70.2 cm³/mol. The summed E-state index contributed by atoms with van der Waals surface area (Å²) in [6, 6.07) is 8.37. The van der Waals surface area contributed by atoms with E-state index in [0.29, 0.717) is 6.54 Å². The van der Waals surface area contributed by atoms with E-state index in [1.807, 2.05) is 0 Å². The van der Waals surface area contributed by atoms with E-state index in [1.165, 1.54) is 5.69 Å². The molecule has 0 fully saturated rings. The number of nitrogens with zero attached hydrogens (tertiary/aromatic N) is 1. The molecule has 1 rings (SSSR count). The van der Waals surface area contributed by atoms with E-state index in [1.54, 1.807) is 0 Å². The molecule has 0 atom stereocenters. The van der Waals surface area contributed by atoms with Gasteiger partial charge in [0, 0.05) is 31.0 Å². The third-order valence-corrected chi connectivity index (χ3v) is 2.56. The van der Waals surface area contributed by atoms with Crippen molar-refractivity contribution in [1.82, 2.24) is 0 Å². The van der Waals surface area contributed by atoms with E-state index in [2.05, 4.69) is 48.3 Å². The smallest absolute Gasteiger partial charge is 0.0606 e. The Morgan fingerprint density at radius 3 is 2.38 bits per heavy atom. The Kier molecular flexibility index (Phi) is 5.72. The molecule has 0 saturated carbocycles. The van der Waals surface area contributed by atoms with Gasteiger partial charge in [0.2, 0.25) is 0 Å². The van der Waals surface area contributed by atoms with Crippen LogP contribution in [0, 0.1) is 0 Å². The molecule has 3 heteroatoms. The van der Waals surface area contributed by atoms with Crippen LogP contribution in [-0.2, 0) is 0 Å². The number of aliphatic hydroxyl groups excluding tert-OH is 1. The lowest BCUT2D eigenvalue weighted by molar-refractivity contribution is 0.302. The molecular formula is C13H22N2O. The Morgan fingerprint density at radius 2 is 1.88 bits per heavy atom. The molecule has 3 nitrogen and oxygen atoms in total. The molecule has 0 aliphatic rings. The van der Waals surface area contributed by atoms with Crippen LogP contribution in [-0.4, -0.2) is 31.3 Å². The summed E-state index contributed by atoms with van der Waals surface area (Å²) in [5.74, 6) is 0. The summed E-state index contributed by atoms with van der Waals surface area (Å²) in [5, 5.41) is 12.3. The average molecular weight is 222 g/mol. The summed E-state index contributed by atoms with van der Waals surface area (Å²) in [5.41, 5.74) is 2.32. The zero-order chi connectivity index (χ0) is 11.8. The molecule has 2 N–H and O–H groups in total. The summed E-state index contributed by atoms with van der Waals surface area (Å²) in [6.45, 7) is 7.07. The molecule has 90 valence electrons. The molecule has 0 saturated heterocycles. The quantitative estimate of drug-likeness (QED) is 0.743. The summed E-state index contributed by atoms with van der Waals surface area (Å²) >= 11 is 0. The molecule has 0 amide bonds. The fourth-order valence-electron chi connectivity index (χ4n) is 1.65. The second kappa shape index (κ2) is 7.12. The minimum absolute atomic E-state index is 0.198. The van der Waals surface area contributed by atoms with Crippen molar-refractivity contribution in [3.8, 4) is 0 Å². The zero-order valence-electron chi connectivity index (χ0n) is 10.2. The summed E-state index contributed by atoms with van der Waals surface area (Å²) in [7, 11) is 0. The first-order valence-corrected chi connectivity index (χ1v) is 6.01. The van der Waals surface area contributed by atoms with Crippen molar-refractivity contribution < 1.29 is 5.11 Å². The van der Waals surface area contributed by atoms with Crippen LogP contribution in [0.3, 0.4) is 0 Å². The molecule has 0 aliphatic carbocycles. The van der Waals surface area contributed by atoms with E-state index in [9.17, 15) is 0 Å². The number of likely N-dealkylation sites (N-methyl/N-ethyl adjacent to an activating group) is 1. The first-order valence-electron chi connectivity index (χ1n) is 6.01. The van der Waals surface area contributed by atoms with E-state index in [4.69, 9.17) is 5.11 Å². The van der Waals surface area contributed by atoms with Crippen molar-refractivity contribution in [2.75, 3.05) is 36.5 Å². The molecule has 0 spiro atoms. The normalized spacial score (nSPS) is 10.2. The Morgan fingerprint density at radius 1 is 1.19 bits per heavy atom. The number of hydrogen-bond donors (Lipinski definition) is 2. The Labute approximate surface area is 98.1 Å². The van der Waals surface area contributed by atoms with E-state index < -0.39 is 0 Å². The largest absolute Gasteiger partial charge is 0.395 e. The number of benzene rings is 1. The second-order valence-corrected chi connectivity index (χ2v) is 3.78. The number of anilines is 2. The van der Waals surface area contributed by atoms with Crippen molar-refractivity contribution in [3.63, 3.8) is 0 Å². The van der Waals surface area contributed by atoms with Gasteiger partial charge in [-0.15, -0.1) is 0 Å². The van der Waals surface area contributed by atoms with E-state index in [-0.39, 0.29) is 6.61 Å². The van der Waals surface area contributed by atoms with Gasteiger partial charge in [-0.1, -0.05) is 6.92 Å². The highest BCUT2D eigenvalue weighted by molar-refractivity contribution is 5.55. The fourth-order valence-corrected chi connectivity index (χ4v) is 1.65. The van der Waals surface area contributed by atoms with Gasteiger partial charge < -0.3 is 15.3 Å². The van der Waals surface area contributed by atoms with Gasteiger partial charge in [0.15, 0.2) is 0 Å². The molecule has 0 radical (unpaired) electrons. The fraction of sp³-hybridized carbons (Fsp3) is 0.538. The van der Waals surface area contributed by atoms with Gasteiger partial charge in [0.05, 0.1) is 6.61 Å². The maximum atomic E-state index is 8.95. The molecule has 1 aromatic carbocycles. The number of aliphatic hydroxyl groups is 1. The van der Waals surface area contributed by atoms with E-state index in [0.717, 1.165) is 25.2 Å². The number of hydrogen-bond acceptors (Lipinski definition) is 3. The van der Waals surface area contributed by atoms with Crippen molar-refractivity contribution in [2.24, 2.45) is 0 Å². The highest BCUT2D eigenvalue weighted by Crippen LogP contribution is 2.17. The molecule has 1 aromatic rings. The van der Waals surface area contributed by atoms with Crippen LogP contribution < -0.4 is 10.2 Å². The third kappa shape index (κ3) is 3.74. The van der Waals surface area contributed by atoms with Crippen LogP contribution in [0.4, 0.5) is 11.4 Å². The van der Waals surface area contributed by atoms with Gasteiger partial charge in [-0.3, -0.25) is 0 Å².